The van der Waals surface area contributed by atoms with Crippen molar-refractivity contribution in [2.75, 3.05) is 6.54 Å². The van der Waals surface area contributed by atoms with Crippen molar-refractivity contribution in [3.8, 4) is 11.3 Å². The van der Waals surface area contributed by atoms with E-state index in [9.17, 15) is 0 Å². The number of furan rings is 1. The molecule has 102 valence electrons. The van der Waals surface area contributed by atoms with Gasteiger partial charge >= 0.3 is 0 Å². The average Bonchev–Trinajstić information content (AvgIpc) is 2.82. The number of quaternary nitrogens is 1. The standard InChI is InChI=1S/C15H17Cl2NO/c1-2-3-6-18-10-14-4-5-15(19-14)11-7-12(16)9-13(17)8-11/h4-5,7-9,18H,2-3,6,10H2,1H3/p+1. The van der Waals surface area contributed by atoms with E-state index in [0.29, 0.717) is 10.0 Å². The molecule has 1 aromatic carbocycles. The van der Waals surface area contributed by atoms with E-state index in [2.05, 4.69) is 12.2 Å². The third-order valence-corrected chi connectivity index (χ3v) is 3.35. The van der Waals surface area contributed by atoms with Crippen molar-refractivity contribution in [1.82, 2.24) is 0 Å². The van der Waals surface area contributed by atoms with Crippen LogP contribution in [0, 0.1) is 0 Å². The molecule has 4 heteroatoms. The number of unbranched alkanes of at least 4 members (excludes halogenated alkanes) is 1. The molecule has 0 bridgehead atoms. The molecule has 0 amide bonds. The normalized spacial score (nSPS) is 10.9. The van der Waals surface area contributed by atoms with Crippen LogP contribution in [0.4, 0.5) is 0 Å². The third-order valence-electron chi connectivity index (χ3n) is 2.92. The summed E-state index contributed by atoms with van der Waals surface area (Å²) in [5.41, 5.74) is 0.914. The maximum absolute atomic E-state index is 5.99. The molecule has 1 aromatic heterocycles. The topological polar surface area (TPSA) is 29.8 Å². The first-order valence-electron chi connectivity index (χ1n) is 6.56. The van der Waals surface area contributed by atoms with Crippen LogP contribution in [0.3, 0.4) is 0 Å². The lowest BCUT2D eigenvalue weighted by Crippen LogP contribution is -2.82. The number of hydrogen-bond donors (Lipinski definition) is 1. The summed E-state index contributed by atoms with van der Waals surface area (Å²) in [6.07, 6.45) is 2.46. The monoisotopic (exact) mass is 298 g/mol. The molecule has 0 aliphatic heterocycles. The largest absolute Gasteiger partial charge is 0.455 e. The minimum atomic E-state index is 0.620. The Morgan fingerprint density at radius 2 is 1.84 bits per heavy atom. The van der Waals surface area contributed by atoms with Crippen LogP contribution in [0.2, 0.25) is 10.0 Å². The second-order valence-corrected chi connectivity index (χ2v) is 5.43. The number of halogens is 2. The molecule has 0 atom stereocenters. The van der Waals surface area contributed by atoms with Crippen LogP contribution in [0.5, 0.6) is 0 Å². The minimum Gasteiger partial charge on any atom is -0.455 e. The Morgan fingerprint density at radius 1 is 1.11 bits per heavy atom. The minimum absolute atomic E-state index is 0.620. The van der Waals surface area contributed by atoms with E-state index in [-0.39, 0.29) is 0 Å². The first-order valence-corrected chi connectivity index (χ1v) is 7.31. The predicted molar refractivity (Wildman–Crippen MR) is 79.6 cm³/mol. The van der Waals surface area contributed by atoms with Crippen molar-refractivity contribution in [2.45, 2.75) is 26.3 Å². The van der Waals surface area contributed by atoms with Crippen molar-refractivity contribution in [3.63, 3.8) is 0 Å². The Hall–Kier alpha value is -0.960. The van der Waals surface area contributed by atoms with E-state index in [1.165, 1.54) is 12.8 Å². The molecule has 1 heterocycles. The van der Waals surface area contributed by atoms with Gasteiger partial charge in [-0.15, -0.1) is 0 Å². The van der Waals surface area contributed by atoms with E-state index in [1.807, 2.05) is 24.3 Å². The van der Waals surface area contributed by atoms with Gasteiger partial charge in [0, 0.05) is 15.6 Å². The van der Waals surface area contributed by atoms with Crippen molar-refractivity contribution < 1.29 is 9.73 Å². The Morgan fingerprint density at radius 3 is 2.53 bits per heavy atom. The number of hydrogen-bond acceptors (Lipinski definition) is 1. The zero-order chi connectivity index (χ0) is 13.7. The molecule has 0 spiro atoms. The van der Waals surface area contributed by atoms with Gasteiger partial charge in [0.2, 0.25) is 0 Å². The molecule has 19 heavy (non-hydrogen) atoms. The molecule has 0 radical (unpaired) electrons. The summed E-state index contributed by atoms with van der Waals surface area (Å²) in [5.74, 6) is 1.78. The van der Waals surface area contributed by atoms with Gasteiger partial charge in [-0.05, 0) is 36.8 Å². The number of rotatable bonds is 6. The highest BCUT2D eigenvalue weighted by Gasteiger charge is 2.07. The smallest absolute Gasteiger partial charge is 0.158 e. The average molecular weight is 299 g/mol. The zero-order valence-corrected chi connectivity index (χ0v) is 12.5. The molecule has 0 aliphatic rings. The molecular formula is C15H18Cl2NO+. The lowest BCUT2D eigenvalue weighted by Gasteiger charge is -2.00. The molecule has 2 nitrogen and oxygen atoms in total. The molecule has 0 fully saturated rings. The fraction of sp³-hybridized carbons (Fsp3) is 0.333. The second kappa shape index (κ2) is 6.99. The van der Waals surface area contributed by atoms with Gasteiger partial charge < -0.3 is 9.73 Å². The van der Waals surface area contributed by atoms with Crippen LogP contribution in [-0.4, -0.2) is 6.54 Å². The van der Waals surface area contributed by atoms with Crippen LogP contribution in [0.15, 0.2) is 34.7 Å². The summed E-state index contributed by atoms with van der Waals surface area (Å²) in [7, 11) is 0. The van der Waals surface area contributed by atoms with Crippen molar-refractivity contribution >= 4 is 23.2 Å². The van der Waals surface area contributed by atoms with E-state index >= 15 is 0 Å². The molecule has 0 saturated carbocycles. The van der Waals surface area contributed by atoms with Gasteiger partial charge in [-0.3, -0.25) is 0 Å². The zero-order valence-electron chi connectivity index (χ0n) is 11.0. The lowest BCUT2D eigenvalue weighted by molar-refractivity contribution is -0.672. The third kappa shape index (κ3) is 4.27. The van der Waals surface area contributed by atoms with E-state index in [4.69, 9.17) is 27.6 Å². The summed E-state index contributed by atoms with van der Waals surface area (Å²) >= 11 is 12.0. The van der Waals surface area contributed by atoms with Gasteiger partial charge in [0.05, 0.1) is 6.54 Å². The summed E-state index contributed by atoms with van der Waals surface area (Å²) < 4.78 is 5.81. The van der Waals surface area contributed by atoms with Gasteiger partial charge in [-0.2, -0.15) is 0 Å². The molecule has 2 N–H and O–H groups in total. The fourth-order valence-corrected chi connectivity index (χ4v) is 2.46. The molecular weight excluding hydrogens is 281 g/mol. The molecule has 2 aromatic rings. The Bertz CT molecular complexity index is 516. The van der Waals surface area contributed by atoms with Gasteiger partial charge in [-0.25, -0.2) is 0 Å². The number of benzene rings is 1. The predicted octanol–water partition coefficient (Wildman–Crippen LogP) is 4.12. The second-order valence-electron chi connectivity index (χ2n) is 4.56. The molecule has 0 unspecified atom stereocenters. The molecule has 0 aliphatic carbocycles. The van der Waals surface area contributed by atoms with E-state index in [0.717, 1.165) is 30.2 Å². The van der Waals surface area contributed by atoms with Crippen LogP contribution in [0.1, 0.15) is 25.5 Å². The van der Waals surface area contributed by atoms with Crippen molar-refractivity contribution in [2.24, 2.45) is 0 Å². The van der Waals surface area contributed by atoms with Crippen LogP contribution < -0.4 is 5.32 Å². The summed E-state index contributed by atoms with van der Waals surface area (Å²) in [6.45, 7) is 4.20. The fourth-order valence-electron chi connectivity index (χ4n) is 1.93. The summed E-state index contributed by atoms with van der Waals surface area (Å²) in [6, 6.07) is 9.40. The van der Waals surface area contributed by atoms with Gasteiger partial charge in [0.1, 0.15) is 12.3 Å². The lowest BCUT2D eigenvalue weighted by atomic mass is 10.2. The summed E-state index contributed by atoms with van der Waals surface area (Å²) in [5, 5.41) is 3.50. The SMILES string of the molecule is CCCC[NH2+]Cc1ccc(-c2cc(Cl)cc(Cl)c2)o1. The van der Waals surface area contributed by atoms with Crippen LogP contribution >= 0.6 is 23.2 Å². The first kappa shape index (κ1) is 14.4. The highest BCUT2D eigenvalue weighted by Crippen LogP contribution is 2.28. The Kier molecular flexibility index (Phi) is 5.32. The van der Waals surface area contributed by atoms with Gasteiger partial charge in [0.25, 0.3) is 0 Å². The highest BCUT2D eigenvalue weighted by molar-refractivity contribution is 6.35. The van der Waals surface area contributed by atoms with Crippen molar-refractivity contribution in [1.29, 1.82) is 0 Å². The van der Waals surface area contributed by atoms with E-state index < -0.39 is 0 Å². The first-order chi connectivity index (χ1) is 9.19. The van der Waals surface area contributed by atoms with Gasteiger partial charge in [0.15, 0.2) is 5.76 Å². The molecule has 0 saturated heterocycles. The number of nitrogens with two attached hydrogens (primary N) is 1. The maximum atomic E-state index is 5.99. The van der Waals surface area contributed by atoms with Gasteiger partial charge in [-0.1, -0.05) is 36.5 Å². The summed E-state index contributed by atoms with van der Waals surface area (Å²) in [4.78, 5) is 0. The van der Waals surface area contributed by atoms with Crippen molar-refractivity contribution in [3.05, 3.63) is 46.1 Å². The highest BCUT2D eigenvalue weighted by atomic mass is 35.5. The van der Waals surface area contributed by atoms with E-state index in [1.54, 1.807) is 6.07 Å². The quantitative estimate of drug-likeness (QED) is 0.799. The Balaban J connectivity index is 2.03. The maximum Gasteiger partial charge on any atom is 0.158 e. The Labute approximate surface area is 123 Å². The van der Waals surface area contributed by atoms with Crippen LogP contribution in [-0.2, 0) is 6.54 Å². The van der Waals surface area contributed by atoms with Crippen LogP contribution in [0.25, 0.3) is 11.3 Å². The molecule has 2 rings (SSSR count).